The van der Waals surface area contributed by atoms with Crippen molar-refractivity contribution in [3.05, 3.63) is 83.0 Å². The van der Waals surface area contributed by atoms with Gasteiger partial charge in [-0.15, -0.1) is 0 Å². The lowest BCUT2D eigenvalue weighted by Crippen LogP contribution is -2.25. The molecule has 0 saturated carbocycles. The third kappa shape index (κ3) is 7.71. The van der Waals surface area contributed by atoms with E-state index < -0.39 is 11.7 Å². The topological polar surface area (TPSA) is 77.5 Å². The van der Waals surface area contributed by atoms with Crippen molar-refractivity contribution in [3.63, 3.8) is 0 Å². The molecule has 0 saturated heterocycles. The summed E-state index contributed by atoms with van der Waals surface area (Å²) in [6, 6.07) is 14.1. The number of phenols is 1. The highest BCUT2D eigenvalue weighted by molar-refractivity contribution is 5.94. The highest BCUT2D eigenvalue weighted by Gasteiger charge is 2.30. The summed E-state index contributed by atoms with van der Waals surface area (Å²) in [7, 11) is 0. The lowest BCUT2D eigenvalue weighted by atomic mass is 10.1. The largest absolute Gasteiger partial charge is 0.508 e. The zero-order chi connectivity index (χ0) is 26.1. The van der Waals surface area contributed by atoms with Crippen LogP contribution in [0.2, 0.25) is 0 Å². The fraction of sp³-hybridized carbons (Fsp3) is 0.333. The molecule has 0 fully saturated rings. The summed E-state index contributed by atoms with van der Waals surface area (Å²) in [5, 5.41) is 16.1. The van der Waals surface area contributed by atoms with Gasteiger partial charge in [-0.3, -0.25) is 9.69 Å². The molecule has 3 N–H and O–H groups in total. The quantitative estimate of drug-likeness (QED) is 0.297. The molecule has 192 valence electrons. The van der Waals surface area contributed by atoms with Gasteiger partial charge < -0.3 is 15.7 Å². The molecule has 36 heavy (non-hydrogen) atoms. The Morgan fingerprint density at radius 2 is 1.69 bits per heavy atom. The molecule has 2 aromatic carbocycles. The van der Waals surface area contributed by atoms with Gasteiger partial charge in [-0.25, -0.2) is 4.98 Å². The molecule has 9 heteroatoms. The Bertz CT molecular complexity index is 1130. The van der Waals surface area contributed by atoms with Gasteiger partial charge in [0.25, 0.3) is 5.91 Å². The maximum absolute atomic E-state index is 12.7. The lowest BCUT2D eigenvalue weighted by molar-refractivity contribution is -0.137. The zero-order valence-electron chi connectivity index (χ0n) is 20.4. The number of aromatic hydroxyl groups is 1. The van der Waals surface area contributed by atoms with Crippen LogP contribution >= 0.6 is 0 Å². The molecule has 0 radical (unpaired) electrons. The maximum atomic E-state index is 12.7. The van der Waals surface area contributed by atoms with Crippen LogP contribution in [0.25, 0.3) is 0 Å². The van der Waals surface area contributed by atoms with Crippen LogP contribution < -0.4 is 10.6 Å². The summed E-state index contributed by atoms with van der Waals surface area (Å²) < 4.78 is 38.0. The second-order valence-corrected chi connectivity index (χ2v) is 8.55. The van der Waals surface area contributed by atoms with Crippen LogP contribution in [0.1, 0.15) is 53.7 Å². The fourth-order valence-electron chi connectivity index (χ4n) is 3.79. The van der Waals surface area contributed by atoms with Gasteiger partial charge in [0.05, 0.1) is 5.56 Å². The van der Waals surface area contributed by atoms with E-state index in [0.717, 1.165) is 49.3 Å². The third-order valence-corrected chi connectivity index (χ3v) is 5.58. The molecular formula is C27H31F3N4O2. The van der Waals surface area contributed by atoms with Gasteiger partial charge in [-0.1, -0.05) is 19.9 Å². The lowest BCUT2D eigenvalue weighted by Gasteiger charge is -2.22. The van der Waals surface area contributed by atoms with Gasteiger partial charge in [0, 0.05) is 36.1 Å². The summed E-state index contributed by atoms with van der Waals surface area (Å²) in [5.74, 6) is 0.245. The first-order valence-corrected chi connectivity index (χ1v) is 11.9. The highest BCUT2D eigenvalue weighted by Crippen LogP contribution is 2.29. The molecule has 1 heterocycles. The van der Waals surface area contributed by atoms with Gasteiger partial charge in [0.1, 0.15) is 11.6 Å². The SMILES string of the molecule is CCCN(CCC)Cc1cc(CNC(=O)c2ccc(Nc3ccc(C(F)(F)F)cn3)cc2)ccc1O. The zero-order valence-corrected chi connectivity index (χ0v) is 20.4. The Hall–Kier alpha value is -3.59. The number of carbonyl (C=O) groups is 1. The number of nitrogens with one attached hydrogen (secondary N) is 2. The van der Waals surface area contributed by atoms with E-state index in [1.54, 1.807) is 36.4 Å². The minimum absolute atomic E-state index is 0.243. The number of hydrogen-bond donors (Lipinski definition) is 3. The Kier molecular flexibility index (Phi) is 9.30. The van der Waals surface area contributed by atoms with Crippen molar-refractivity contribution in [2.75, 3.05) is 18.4 Å². The predicted molar refractivity (Wildman–Crippen MR) is 134 cm³/mol. The number of alkyl halides is 3. The smallest absolute Gasteiger partial charge is 0.417 e. The van der Waals surface area contributed by atoms with Gasteiger partial charge in [0.15, 0.2) is 0 Å². The third-order valence-electron chi connectivity index (χ3n) is 5.58. The number of benzene rings is 2. The van der Waals surface area contributed by atoms with Crippen LogP contribution in [0.3, 0.4) is 0 Å². The standard InChI is InChI=1S/C27H31F3N4O2/c1-3-13-34(14-4-2)18-21-15-19(5-11-24(21)35)16-32-26(36)20-6-9-23(10-7-20)33-25-12-8-22(17-31-25)27(28,29)30/h5-12,15,17,35H,3-4,13-14,16,18H2,1-2H3,(H,31,33)(H,32,36). The van der Waals surface area contributed by atoms with Crippen LogP contribution in [0.5, 0.6) is 5.75 Å². The summed E-state index contributed by atoms with van der Waals surface area (Å²) >= 11 is 0. The number of rotatable bonds is 11. The van der Waals surface area contributed by atoms with Crippen molar-refractivity contribution in [2.24, 2.45) is 0 Å². The van der Waals surface area contributed by atoms with Gasteiger partial charge in [-0.05, 0) is 80.0 Å². The normalized spacial score (nSPS) is 11.5. The summed E-state index contributed by atoms with van der Waals surface area (Å²) in [6.07, 6.45) is -1.60. The number of pyridine rings is 1. The maximum Gasteiger partial charge on any atom is 0.417 e. The average molecular weight is 501 g/mol. The minimum Gasteiger partial charge on any atom is -0.508 e. The number of halogens is 3. The van der Waals surface area contributed by atoms with Crippen LogP contribution in [0.15, 0.2) is 60.8 Å². The van der Waals surface area contributed by atoms with Crippen LogP contribution in [0, 0.1) is 0 Å². The first-order valence-electron chi connectivity index (χ1n) is 11.9. The van der Waals surface area contributed by atoms with Gasteiger partial charge in [-0.2, -0.15) is 13.2 Å². The Labute approximate surface area is 209 Å². The van der Waals surface area contributed by atoms with E-state index in [1.807, 2.05) is 6.07 Å². The van der Waals surface area contributed by atoms with E-state index in [2.05, 4.69) is 34.4 Å². The van der Waals surface area contributed by atoms with Crippen molar-refractivity contribution >= 4 is 17.4 Å². The average Bonchev–Trinajstić information content (AvgIpc) is 2.85. The number of nitrogens with zero attached hydrogens (tertiary/aromatic N) is 2. The Balaban J connectivity index is 1.57. The number of amides is 1. The van der Waals surface area contributed by atoms with Crippen LogP contribution in [0.4, 0.5) is 24.7 Å². The monoisotopic (exact) mass is 500 g/mol. The summed E-state index contributed by atoms with van der Waals surface area (Å²) in [4.78, 5) is 18.7. The van der Waals surface area contributed by atoms with E-state index in [0.29, 0.717) is 24.3 Å². The van der Waals surface area contributed by atoms with Crippen LogP contribution in [-0.4, -0.2) is 34.0 Å². The summed E-state index contributed by atoms with van der Waals surface area (Å²) in [5.41, 5.74) is 1.93. The van der Waals surface area contributed by atoms with Crippen LogP contribution in [-0.2, 0) is 19.3 Å². The number of aromatic nitrogens is 1. The molecule has 0 aliphatic carbocycles. The summed E-state index contributed by atoms with van der Waals surface area (Å²) in [6.45, 7) is 7.12. The molecule has 0 bridgehead atoms. The molecule has 0 aliphatic heterocycles. The van der Waals surface area contributed by atoms with E-state index >= 15 is 0 Å². The number of carbonyl (C=O) groups excluding carboxylic acids is 1. The fourth-order valence-corrected chi connectivity index (χ4v) is 3.79. The first kappa shape index (κ1) is 27.0. The number of phenolic OH excluding ortho intramolecular Hbond substituents is 1. The van der Waals surface area contributed by atoms with Crippen molar-refractivity contribution in [1.82, 2.24) is 15.2 Å². The molecule has 0 atom stereocenters. The first-order chi connectivity index (χ1) is 17.2. The molecule has 0 spiro atoms. The van der Waals surface area contributed by atoms with Gasteiger partial charge >= 0.3 is 6.18 Å². The van der Waals surface area contributed by atoms with Crippen molar-refractivity contribution in [1.29, 1.82) is 0 Å². The second kappa shape index (κ2) is 12.4. The molecule has 1 aromatic heterocycles. The van der Waals surface area contributed by atoms with Crippen molar-refractivity contribution in [3.8, 4) is 5.75 Å². The molecular weight excluding hydrogens is 469 g/mol. The van der Waals surface area contributed by atoms with E-state index in [-0.39, 0.29) is 17.5 Å². The number of hydrogen-bond acceptors (Lipinski definition) is 5. The highest BCUT2D eigenvalue weighted by atomic mass is 19.4. The molecule has 0 aliphatic rings. The molecule has 6 nitrogen and oxygen atoms in total. The molecule has 0 unspecified atom stereocenters. The number of anilines is 2. The second-order valence-electron chi connectivity index (χ2n) is 8.55. The Morgan fingerprint density at radius 3 is 2.28 bits per heavy atom. The predicted octanol–water partition coefficient (Wildman–Crippen LogP) is 6.10. The van der Waals surface area contributed by atoms with E-state index in [4.69, 9.17) is 0 Å². The molecule has 3 rings (SSSR count). The minimum atomic E-state index is -4.44. The molecule has 3 aromatic rings. The van der Waals surface area contributed by atoms with Crippen molar-refractivity contribution in [2.45, 2.75) is 46.0 Å². The molecule has 1 amide bonds. The van der Waals surface area contributed by atoms with Crippen molar-refractivity contribution < 1.29 is 23.1 Å². The Morgan fingerprint density at radius 1 is 1.00 bits per heavy atom. The van der Waals surface area contributed by atoms with Gasteiger partial charge in [0.2, 0.25) is 0 Å². The van der Waals surface area contributed by atoms with E-state index in [9.17, 15) is 23.1 Å². The van der Waals surface area contributed by atoms with E-state index in [1.165, 1.54) is 6.07 Å².